The van der Waals surface area contributed by atoms with Crippen molar-refractivity contribution in [3.8, 4) is 0 Å². The van der Waals surface area contributed by atoms with E-state index in [1.807, 2.05) is 65.0 Å². The third-order valence-corrected chi connectivity index (χ3v) is 9.78. The van der Waals surface area contributed by atoms with Crippen LogP contribution in [0, 0.1) is 35.0 Å². The van der Waals surface area contributed by atoms with Crippen LogP contribution in [0.1, 0.15) is 94.1 Å². The molecule has 3 rings (SSSR count). The second-order valence-corrected chi connectivity index (χ2v) is 14.1. The van der Waals surface area contributed by atoms with Crippen LogP contribution in [0.25, 0.3) is 0 Å². The summed E-state index contributed by atoms with van der Waals surface area (Å²) in [6.07, 6.45) is 1.31. The van der Waals surface area contributed by atoms with Gasteiger partial charge in [-0.1, -0.05) is 78.8 Å². The Morgan fingerprint density at radius 3 is 2.23 bits per heavy atom. The summed E-state index contributed by atoms with van der Waals surface area (Å²) in [6.45, 7) is 19.1. The van der Waals surface area contributed by atoms with Gasteiger partial charge >= 0.3 is 5.97 Å². The molecule has 7 nitrogen and oxygen atoms in total. The highest BCUT2D eigenvalue weighted by Crippen LogP contribution is 2.41. The number of hydrogen-bond donors (Lipinski definition) is 1. The minimum absolute atomic E-state index is 0.0200. The molecule has 0 aliphatic carbocycles. The highest BCUT2D eigenvalue weighted by Gasteiger charge is 2.47. The van der Waals surface area contributed by atoms with E-state index in [9.17, 15) is 19.5 Å². The van der Waals surface area contributed by atoms with Gasteiger partial charge in [-0.25, -0.2) is 0 Å². The predicted octanol–water partition coefficient (Wildman–Crippen LogP) is 6.50. The van der Waals surface area contributed by atoms with Crippen LogP contribution in [0.15, 0.2) is 42.0 Å². The monoisotopic (exact) mass is 598 g/mol. The summed E-state index contributed by atoms with van der Waals surface area (Å²) >= 11 is 0. The smallest absolute Gasteiger partial charge is 0.316 e. The second-order valence-electron chi connectivity index (χ2n) is 14.1. The lowest BCUT2D eigenvalue weighted by Crippen LogP contribution is -2.51. The van der Waals surface area contributed by atoms with E-state index >= 15 is 0 Å². The van der Waals surface area contributed by atoms with Gasteiger partial charge < -0.3 is 19.3 Å². The normalized spacial score (nSPS) is 39.4. The number of cyclic esters (lactones) is 1. The van der Waals surface area contributed by atoms with Crippen molar-refractivity contribution in [3.63, 3.8) is 0 Å². The Hall–Kier alpha value is -2.35. The maximum absolute atomic E-state index is 14.0. The van der Waals surface area contributed by atoms with Crippen molar-refractivity contribution in [1.29, 1.82) is 0 Å². The van der Waals surface area contributed by atoms with Gasteiger partial charge in [0.05, 0.1) is 12.2 Å². The summed E-state index contributed by atoms with van der Waals surface area (Å²) in [5.41, 5.74) is -1.02. The summed E-state index contributed by atoms with van der Waals surface area (Å²) in [5, 5.41) is 12.1. The van der Waals surface area contributed by atoms with Gasteiger partial charge in [-0.15, -0.1) is 0 Å². The van der Waals surface area contributed by atoms with Crippen molar-refractivity contribution in [1.82, 2.24) is 0 Å². The molecule has 0 spiro atoms. The number of ketones is 2. The largest absolute Gasteiger partial charge is 0.458 e. The van der Waals surface area contributed by atoms with Gasteiger partial charge in [-0.3, -0.25) is 14.4 Å². The fraction of sp³-hybridized carbons (Fsp3) is 0.694. The van der Waals surface area contributed by atoms with E-state index in [1.165, 1.54) is 0 Å². The van der Waals surface area contributed by atoms with Crippen LogP contribution < -0.4 is 0 Å². The number of aliphatic hydroxyl groups is 1. The number of carbonyl (C=O) groups is 3. The average Bonchev–Trinajstić information content (AvgIpc) is 2.94. The molecule has 1 saturated heterocycles. The molecule has 0 radical (unpaired) electrons. The van der Waals surface area contributed by atoms with Crippen LogP contribution in [-0.2, 0) is 35.0 Å². The summed E-state index contributed by atoms with van der Waals surface area (Å²) < 4.78 is 18.9. The third-order valence-electron chi connectivity index (χ3n) is 9.78. The van der Waals surface area contributed by atoms with Crippen molar-refractivity contribution in [2.24, 2.45) is 35.0 Å². The number of rotatable bonds is 5. The number of benzene rings is 1. The van der Waals surface area contributed by atoms with E-state index in [2.05, 4.69) is 13.8 Å². The number of Topliss-reactive ketones (excluding diaryl/α,β-unsaturated/α-hetero) is 2. The molecule has 1 unspecified atom stereocenters. The lowest BCUT2D eigenvalue weighted by Gasteiger charge is -2.45. The summed E-state index contributed by atoms with van der Waals surface area (Å²) in [7, 11) is 0. The Balaban J connectivity index is 2.07. The molecule has 2 aliphatic heterocycles. The topological polar surface area (TPSA) is 99.1 Å². The Morgan fingerprint density at radius 2 is 1.63 bits per heavy atom. The quantitative estimate of drug-likeness (QED) is 0.305. The molecule has 1 aromatic carbocycles. The molecule has 10 atom stereocenters. The molecule has 1 N–H and O–H groups in total. The van der Waals surface area contributed by atoms with Crippen LogP contribution in [0.3, 0.4) is 0 Å². The van der Waals surface area contributed by atoms with Crippen LogP contribution >= 0.6 is 0 Å². The zero-order valence-electron chi connectivity index (χ0n) is 27.9. The van der Waals surface area contributed by atoms with E-state index in [1.54, 1.807) is 26.8 Å². The minimum atomic E-state index is -1.65. The number of esters is 1. The van der Waals surface area contributed by atoms with Gasteiger partial charge in [0.1, 0.15) is 17.6 Å². The molecule has 2 aliphatic rings. The average molecular weight is 599 g/mol. The van der Waals surface area contributed by atoms with Crippen molar-refractivity contribution >= 4 is 17.5 Å². The van der Waals surface area contributed by atoms with Gasteiger partial charge in [0, 0.05) is 24.2 Å². The Kier molecular flexibility index (Phi) is 11.6. The number of carbonyl (C=O) groups excluding carboxylic acids is 3. The van der Waals surface area contributed by atoms with E-state index in [0.717, 1.165) is 12.0 Å². The van der Waals surface area contributed by atoms with Crippen molar-refractivity contribution in [3.05, 3.63) is 47.5 Å². The summed E-state index contributed by atoms with van der Waals surface area (Å²) in [4.78, 5) is 41.3. The molecule has 1 aromatic rings. The molecule has 0 bridgehead atoms. The first-order chi connectivity index (χ1) is 20.0. The standard InChI is InChI=1S/C36H54O7/c1-11-29-36(40,20-28-15-13-12-14-16-28)19-23(4)30(37)22(3)18-35(9,10)32(26(7)31(38)27(8)33(39)42-29)43-34-25(6)21(2)17-24(5)41-34/h12-16,19,21-22,24-27,29,32,34,40H,11,17-18,20H2,1-10H3/b23-19+/t21-,22+,24+,25+,26-,27+,29+,32+,34?,36+/m0/s1. The molecule has 0 aromatic heterocycles. The highest BCUT2D eigenvalue weighted by molar-refractivity contribution is 6.00. The van der Waals surface area contributed by atoms with E-state index in [0.29, 0.717) is 24.3 Å². The van der Waals surface area contributed by atoms with E-state index in [-0.39, 0.29) is 30.0 Å². The van der Waals surface area contributed by atoms with Crippen LogP contribution in [-0.4, -0.2) is 52.8 Å². The van der Waals surface area contributed by atoms with Gasteiger partial charge in [0.25, 0.3) is 0 Å². The molecular formula is C36H54O7. The Bertz CT molecular complexity index is 1160. The number of allylic oxidation sites excluding steroid dienone is 1. The maximum Gasteiger partial charge on any atom is 0.316 e. The zero-order valence-corrected chi connectivity index (χ0v) is 27.9. The molecule has 43 heavy (non-hydrogen) atoms. The van der Waals surface area contributed by atoms with Crippen LogP contribution in [0.5, 0.6) is 0 Å². The van der Waals surface area contributed by atoms with Crippen molar-refractivity contribution in [2.75, 3.05) is 0 Å². The van der Waals surface area contributed by atoms with Gasteiger partial charge in [-0.05, 0) is 68.6 Å². The molecule has 0 amide bonds. The van der Waals surface area contributed by atoms with Crippen molar-refractivity contribution < 1.29 is 33.7 Å². The first kappa shape index (κ1) is 35.1. The molecule has 0 saturated carbocycles. The second kappa shape index (κ2) is 14.2. The first-order valence-corrected chi connectivity index (χ1v) is 16.1. The SMILES string of the molecule is CC[C@H]1OC(=O)[C@H](C)C(=O)[C@H](C)[C@@H](OC2O[C@H](C)C[C@H](C)[C@H]2C)C(C)(C)C[C@@H](C)C(=O)/C(C)=C/[C@@]1(O)Cc1ccccc1. The highest BCUT2D eigenvalue weighted by atomic mass is 16.7. The van der Waals surface area contributed by atoms with E-state index in [4.69, 9.17) is 14.2 Å². The third kappa shape index (κ3) is 8.23. The molecule has 2 heterocycles. The minimum Gasteiger partial charge on any atom is -0.458 e. The van der Waals surface area contributed by atoms with Gasteiger partial charge in [-0.2, -0.15) is 0 Å². The van der Waals surface area contributed by atoms with Crippen LogP contribution in [0.2, 0.25) is 0 Å². The molecular weight excluding hydrogens is 544 g/mol. The summed E-state index contributed by atoms with van der Waals surface area (Å²) in [6, 6.07) is 9.42. The Labute approximate surface area is 258 Å². The lowest BCUT2D eigenvalue weighted by atomic mass is 9.70. The molecule has 7 heteroatoms. The van der Waals surface area contributed by atoms with Crippen molar-refractivity contribution in [2.45, 2.75) is 125 Å². The zero-order chi connectivity index (χ0) is 32.3. The fourth-order valence-electron chi connectivity index (χ4n) is 7.15. The van der Waals surface area contributed by atoms with Crippen LogP contribution in [0.4, 0.5) is 0 Å². The van der Waals surface area contributed by atoms with Gasteiger partial charge in [0.2, 0.25) is 0 Å². The first-order valence-electron chi connectivity index (χ1n) is 16.1. The molecule has 240 valence electrons. The number of hydrogen-bond acceptors (Lipinski definition) is 7. The predicted molar refractivity (Wildman–Crippen MR) is 167 cm³/mol. The Morgan fingerprint density at radius 1 is 1.00 bits per heavy atom. The summed E-state index contributed by atoms with van der Waals surface area (Å²) in [5.74, 6) is -2.76. The van der Waals surface area contributed by atoms with Gasteiger partial charge in [0.15, 0.2) is 17.9 Å². The molecule has 1 fully saturated rings. The fourth-order valence-corrected chi connectivity index (χ4v) is 7.15. The van der Waals surface area contributed by atoms with E-state index < -0.39 is 53.2 Å². The number of ether oxygens (including phenoxy) is 3. The maximum atomic E-state index is 14.0. The lowest BCUT2D eigenvalue weighted by molar-refractivity contribution is -0.267.